The van der Waals surface area contributed by atoms with Gasteiger partial charge in [0.2, 0.25) is 11.8 Å². The number of aromatic nitrogens is 2. The number of anilines is 1. The highest BCUT2D eigenvalue weighted by Gasteiger charge is 2.28. The molecule has 0 radical (unpaired) electrons. The van der Waals surface area contributed by atoms with E-state index in [1.54, 1.807) is 6.20 Å². The van der Waals surface area contributed by atoms with Gasteiger partial charge in [0.15, 0.2) is 0 Å². The van der Waals surface area contributed by atoms with Gasteiger partial charge in [0.05, 0.1) is 17.9 Å². The average Bonchev–Trinajstić information content (AvgIpc) is 3.43. The fourth-order valence-electron chi connectivity index (χ4n) is 4.01. The first-order chi connectivity index (χ1) is 15.1. The first-order valence-electron chi connectivity index (χ1n) is 10.6. The van der Waals surface area contributed by atoms with Crippen LogP contribution in [0.3, 0.4) is 0 Å². The van der Waals surface area contributed by atoms with Crippen molar-refractivity contribution in [2.75, 3.05) is 11.9 Å². The summed E-state index contributed by atoms with van der Waals surface area (Å²) in [7, 11) is 0. The number of hydrogen-bond acceptors (Lipinski definition) is 4. The highest BCUT2D eigenvalue weighted by atomic mass is 16.2. The van der Waals surface area contributed by atoms with Crippen LogP contribution < -0.4 is 11.1 Å². The number of nitrogens with one attached hydrogen (secondary N) is 1. The summed E-state index contributed by atoms with van der Waals surface area (Å²) in [5.41, 5.74) is 9.33. The summed E-state index contributed by atoms with van der Waals surface area (Å²) in [4.78, 5) is 26.2. The molecule has 2 amide bonds. The van der Waals surface area contributed by atoms with Crippen LogP contribution in [0.1, 0.15) is 30.4 Å². The number of primary amides is 1. The molecule has 0 spiro atoms. The maximum atomic E-state index is 12.4. The molecule has 0 saturated carbocycles. The smallest absolute Gasteiger partial charge is 0.234 e. The van der Waals surface area contributed by atoms with Crippen molar-refractivity contribution in [3.05, 3.63) is 78.1 Å². The standard InChI is InChI=1S/C24H27N5O2/c25-24(31)22-10-5-13-28(22)16-18-6-4-7-20(14-18)27-23(30)12-11-19-15-26-29(17-19)21-8-2-1-3-9-21/h1-4,6-9,14-15,17,22H,5,10-13,16H2,(H2,25,31)(H,27,30). The topological polar surface area (TPSA) is 93.2 Å². The molecule has 1 unspecified atom stereocenters. The Bertz CT molecular complexity index is 1050. The molecule has 1 atom stereocenters. The summed E-state index contributed by atoms with van der Waals surface area (Å²) < 4.78 is 1.81. The molecule has 0 aliphatic carbocycles. The first kappa shape index (κ1) is 20.8. The monoisotopic (exact) mass is 417 g/mol. The molecule has 31 heavy (non-hydrogen) atoms. The minimum atomic E-state index is -0.266. The number of aryl methyl sites for hydroxylation is 1. The Hall–Kier alpha value is -3.45. The van der Waals surface area contributed by atoms with Crippen molar-refractivity contribution in [3.8, 4) is 5.69 Å². The van der Waals surface area contributed by atoms with Crippen molar-refractivity contribution in [2.45, 2.75) is 38.3 Å². The lowest BCUT2D eigenvalue weighted by Gasteiger charge is -2.22. The van der Waals surface area contributed by atoms with E-state index in [1.165, 1.54) is 0 Å². The summed E-state index contributed by atoms with van der Waals surface area (Å²) in [6.07, 6.45) is 6.53. The van der Waals surface area contributed by atoms with Crippen molar-refractivity contribution in [3.63, 3.8) is 0 Å². The molecule has 2 aromatic carbocycles. The molecule has 3 aromatic rings. The van der Waals surface area contributed by atoms with Gasteiger partial charge in [0.1, 0.15) is 0 Å². The summed E-state index contributed by atoms with van der Waals surface area (Å²) >= 11 is 0. The maximum Gasteiger partial charge on any atom is 0.234 e. The zero-order chi connectivity index (χ0) is 21.6. The van der Waals surface area contributed by atoms with Gasteiger partial charge in [-0.15, -0.1) is 0 Å². The van der Waals surface area contributed by atoms with Crippen LogP contribution in [0.15, 0.2) is 67.0 Å². The number of carbonyl (C=O) groups is 2. The fraction of sp³-hybridized carbons (Fsp3) is 0.292. The van der Waals surface area contributed by atoms with Crippen molar-refractivity contribution < 1.29 is 9.59 Å². The van der Waals surface area contributed by atoms with Gasteiger partial charge in [-0.1, -0.05) is 30.3 Å². The van der Waals surface area contributed by atoms with Gasteiger partial charge in [-0.2, -0.15) is 5.10 Å². The molecule has 3 N–H and O–H groups in total. The van der Waals surface area contributed by atoms with E-state index in [4.69, 9.17) is 5.73 Å². The van der Waals surface area contributed by atoms with Crippen LogP contribution in [-0.2, 0) is 22.6 Å². The van der Waals surface area contributed by atoms with Gasteiger partial charge in [-0.05, 0) is 61.2 Å². The summed E-state index contributed by atoms with van der Waals surface area (Å²) in [5, 5.41) is 7.35. The number of nitrogens with two attached hydrogens (primary N) is 1. The number of nitrogens with zero attached hydrogens (tertiary/aromatic N) is 3. The highest BCUT2D eigenvalue weighted by Crippen LogP contribution is 2.21. The number of likely N-dealkylation sites (tertiary alicyclic amines) is 1. The SMILES string of the molecule is NC(=O)C1CCCN1Cc1cccc(NC(=O)CCc2cnn(-c3ccccc3)c2)c1. The van der Waals surface area contributed by atoms with Crippen molar-refractivity contribution >= 4 is 17.5 Å². The van der Waals surface area contributed by atoms with Gasteiger partial charge >= 0.3 is 0 Å². The van der Waals surface area contributed by atoms with Crippen LogP contribution in [-0.4, -0.2) is 39.1 Å². The predicted molar refractivity (Wildman–Crippen MR) is 120 cm³/mol. The molecule has 1 fully saturated rings. The third-order valence-corrected chi connectivity index (χ3v) is 5.59. The lowest BCUT2D eigenvalue weighted by atomic mass is 10.1. The normalized spacial score (nSPS) is 16.3. The largest absolute Gasteiger partial charge is 0.368 e. The van der Waals surface area contributed by atoms with E-state index in [1.807, 2.05) is 65.5 Å². The third kappa shape index (κ3) is 5.38. The minimum absolute atomic E-state index is 0.0409. The Balaban J connectivity index is 1.30. The molecule has 0 bridgehead atoms. The van der Waals surface area contributed by atoms with E-state index in [0.29, 0.717) is 19.4 Å². The van der Waals surface area contributed by atoms with E-state index in [0.717, 1.165) is 41.9 Å². The zero-order valence-corrected chi connectivity index (χ0v) is 17.4. The fourth-order valence-corrected chi connectivity index (χ4v) is 4.01. The summed E-state index contributed by atoms with van der Waals surface area (Å²) in [5.74, 6) is -0.307. The molecule has 7 nitrogen and oxygen atoms in total. The van der Waals surface area contributed by atoms with Gasteiger partial charge in [0, 0.05) is 24.8 Å². The molecule has 4 rings (SSSR count). The number of benzene rings is 2. The number of rotatable bonds is 8. The van der Waals surface area contributed by atoms with E-state index in [9.17, 15) is 9.59 Å². The quantitative estimate of drug-likeness (QED) is 0.589. The molecule has 1 aromatic heterocycles. The van der Waals surface area contributed by atoms with Crippen LogP contribution in [0.5, 0.6) is 0 Å². The molecule has 1 aliphatic rings. The van der Waals surface area contributed by atoms with Gasteiger partial charge in [-0.25, -0.2) is 4.68 Å². The Labute approximate surface area is 181 Å². The highest BCUT2D eigenvalue weighted by molar-refractivity contribution is 5.90. The summed E-state index contributed by atoms with van der Waals surface area (Å²) in [6, 6.07) is 17.4. The van der Waals surface area contributed by atoms with Crippen molar-refractivity contribution in [1.82, 2.24) is 14.7 Å². The van der Waals surface area contributed by atoms with Crippen LogP contribution in [0.4, 0.5) is 5.69 Å². The average molecular weight is 418 g/mol. The van der Waals surface area contributed by atoms with E-state index in [2.05, 4.69) is 15.3 Å². The van der Waals surface area contributed by atoms with Crippen molar-refractivity contribution in [1.29, 1.82) is 0 Å². The summed E-state index contributed by atoms with van der Waals surface area (Å²) in [6.45, 7) is 1.51. The zero-order valence-electron chi connectivity index (χ0n) is 17.4. The van der Waals surface area contributed by atoms with Crippen molar-refractivity contribution in [2.24, 2.45) is 5.73 Å². The third-order valence-electron chi connectivity index (χ3n) is 5.59. The van der Waals surface area contributed by atoms with Crippen LogP contribution in [0, 0.1) is 0 Å². The molecular formula is C24H27N5O2. The Morgan fingerprint density at radius 2 is 1.94 bits per heavy atom. The second-order valence-corrected chi connectivity index (χ2v) is 7.91. The maximum absolute atomic E-state index is 12.4. The minimum Gasteiger partial charge on any atom is -0.368 e. The van der Waals surface area contributed by atoms with Gasteiger partial charge in [0.25, 0.3) is 0 Å². The molecule has 7 heteroatoms. The Kier molecular flexibility index (Phi) is 6.43. The molecule has 160 valence electrons. The lowest BCUT2D eigenvalue weighted by Crippen LogP contribution is -2.39. The van der Waals surface area contributed by atoms with Gasteiger partial charge < -0.3 is 11.1 Å². The molecule has 1 saturated heterocycles. The Morgan fingerprint density at radius 3 is 2.74 bits per heavy atom. The first-order valence-corrected chi connectivity index (χ1v) is 10.6. The number of para-hydroxylation sites is 1. The number of carbonyl (C=O) groups excluding carboxylic acids is 2. The van der Waals surface area contributed by atoms with E-state index in [-0.39, 0.29) is 17.9 Å². The number of amides is 2. The molecule has 2 heterocycles. The van der Waals surface area contributed by atoms with Crippen LogP contribution in [0.2, 0.25) is 0 Å². The molecular weight excluding hydrogens is 390 g/mol. The van der Waals surface area contributed by atoms with Crippen LogP contribution >= 0.6 is 0 Å². The van der Waals surface area contributed by atoms with Gasteiger partial charge in [-0.3, -0.25) is 14.5 Å². The molecule has 1 aliphatic heterocycles. The van der Waals surface area contributed by atoms with Crippen LogP contribution in [0.25, 0.3) is 5.69 Å². The van der Waals surface area contributed by atoms with E-state index >= 15 is 0 Å². The second-order valence-electron chi connectivity index (χ2n) is 7.91. The Morgan fingerprint density at radius 1 is 1.10 bits per heavy atom. The van der Waals surface area contributed by atoms with E-state index < -0.39 is 0 Å². The number of hydrogen-bond donors (Lipinski definition) is 2. The predicted octanol–water partition coefficient (Wildman–Crippen LogP) is 2.89. The second kappa shape index (κ2) is 9.57. The lowest BCUT2D eigenvalue weighted by molar-refractivity contribution is -0.122.